The summed E-state index contributed by atoms with van der Waals surface area (Å²) >= 11 is 2.28. The zero-order chi connectivity index (χ0) is 13.1. The predicted octanol–water partition coefficient (Wildman–Crippen LogP) is 3.66. The van der Waals surface area contributed by atoms with E-state index in [0.717, 1.165) is 20.8 Å². The Kier molecular flexibility index (Phi) is 3.92. The topological polar surface area (TPSA) is 42.2 Å². The van der Waals surface area contributed by atoms with Crippen LogP contribution in [-0.4, -0.2) is 14.2 Å². The van der Waals surface area contributed by atoms with Crippen LogP contribution in [0.1, 0.15) is 11.1 Å². The highest BCUT2D eigenvalue weighted by molar-refractivity contribution is 14.1. The number of fused-ring (bicyclic) bond motifs is 1. The fourth-order valence-electron chi connectivity index (χ4n) is 2.13. The van der Waals surface area contributed by atoms with Crippen LogP contribution in [0.2, 0.25) is 0 Å². The zero-order valence-corrected chi connectivity index (χ0v) is 12.3. The lowest BCUT2D eigenvalue weighted by Gasteiger charge is -2.16. The molecule has 2 aromatic carbocycles. The Balaban J connectivity index is 3.00. The van der Waals surface area contributed by atoms with Gasteiger partial charge in [0.2, 0.25) is 0 Å². The molecule has 0 aliphatic rings. The highest BCUT2D eigenvalue weighted by Crippen LogP contribution is 2.41. The lowest BCUT2D eigenvalue weighted by Crippen LogP contribution is -1.99. The molecule has 0 spiro atoms. The van der Waals surface area contributed by atoms with E-state index >= 15 is 0 Å². The van der Waals surface area contributed by atoms with Crippen LogP contribution in [0.25, 0.3) is 10.8 Å². The molecule has 18 heavy (non-hydrogen) atoms. The molecule has 0 fully saturated rings. The van der Waals surface area contributed by atoms with Crippen molar-refractivity contribution in [3.05, 3.63) is 35.4 Å². The zero-order valence-electron chi connectivity index (χ0n) is 10.2. The van der Waals surface area contributed by atoms with Crippen molar-refractivity contribution >= 4 is 33.4 Å². The van der Waals surface area contributed by atoms with Gasteiger partial charge < -0.3 is 9.47 Å². The molecule has 0 saturated carbocycles. The van der Waals surface area contributed by atoms with Gasteiger partial charge in [0, 0.05) is 15.4 Å². The fraction of sp³-hybridized carbons (Fsp3) is 0.214. The molecule has 0 bridgehead atoms. The summed E-state index contributed by atoms with van der Waals surface area (Å²) in [5.41, 5.74) is 1.50. The maximum atomic E-state index is 9.33. The van der Waals surface area contributed by atoms with Gasteiger partial charge in [-0.1, -0.05) is 46.9 Å². The van der Waals surface area contributed by atoms with Gasteiger partial charge in [-0.05, 0) is 5.39 Å². The molecular formula is C14H12INO2. The first kappa shape index (κ1) is 13.0. The fourth-order valence-corrected chi connectivity index (χ4v) is 2.88. The van der Waals surface area contributed by atoms with Gasteiger partial charge in [-0.3, -0.25) is 0 Å². The minimum absolute atomic E-state index is 0.463. The van der Waals surface area contributed by atoms with Crippen molar-refractivity contribution in [2.45, 2.75) is 4.43 Å². The third-order valence-corrected chi connectivity index (χ3v) is 3.64. The minimum atomic E-state index is 0.463. The highest BCUT2D eigenvalue weighted by atomic mass is 127. The number of nitrogens with zero attached hydrogens (tertiary/aromatic N) is 1. The van der Waals surface area contributed by atoms with Crippen molar-refractivity contribution in [3.63, 3.8) is 0 Å². The Morgan fingerprint density at radius 3 is 2.22 bits per heavy atom. The molecule has 0 radical (unpaired) electrons. The van der Waals surface area contributed by atoms with Crippen molar-refractivity contribution in [1.82, 2.24) is 0 Å². The molecule has 0 unspecified atom stereocenters. The summed E-state index contributed by atoms with van der Waals surface area (Å²) in [5, 5.41) is 11.3. The second kappa shape index (κ2) is 5.44. The monoisotopic (exact) mass is 353 g/mol. The number of rotatable bonds is 3. The first-order chi connectivity index (χ1) is 8.78. The SMILES string of the molecule is COc1c(C#N)c(OC)c2ccccc2c1CI. The van der Waals surface area contributed by atoms with Crippen molar-refractivity contribution in [3.8, 4) is 17.6 Å². The summed E-state index contributed by atoms with van der Waals surface area (Å²) in [5.74, 6) is 1.20. The van der Waals surface area contributed by atoms with Crippen molar-refractivity contribution < 1.29 is 9.47 Å². The molecule has 0 aromatic heterocycles. The summed E-state index contributed by atoms with van der Waals surface area (Å²) in [6.07, 6.45) is 0. The number of hydrogen-bond acceptors (Lipinski definition) is 3. The van der Waals surface area contributed by atoms with Gasteiger partial charge in [0.1, 0.15) is 23.1 Å². The average Bonchev–Trinajstić information content (AvgIpc) is 2.44. The summed E-state index contributed by atoms with van der Waals surface area (Å²) in [6, 6.07) is 10.1. The van der Waals surface area contributed by atoms with Gasteiger partial charge in [0.05, 0.1) is 14.2 Å². The maximum Gasteiger partial charge on any atom is 0.148 e. The van der Waals surface area contributed by atoms with Gasteiger partial charge in [0.25, 0.3) is 0 Å². The molecule has 4 heteroatoms. The largest absolute Gasteiger partial charge is 0.495 e. The first-order valence-corrected chi connectivity index (χ1v) is 6.92. The molecule has 2 rings (SSSR count). The van der Waals surface area contributed by atoms with E-state index in [0.29, 0.717) is 17.1 Å². The Morgan fingerprint density at radius 2 is 1.72 bits per heavy atom. The summed E-state index contributed by atoms with van der Waals surface area (Å²) < 4.78 is 11.6. The number of hydrogen-bond donors (Lipinski definition) is 0. The van der Waals surface area contributed by atoms with E-state index in [-0.39, 0.29) is 0 Å². The Bertz CT molecular complexity index is 632. The van der Waals surface area contributed by atoms with Crippen molar-refractivity contribution in [2.75, 3.05) is 14.2 Å². The maximum absolute atomic E-state index is 9.33. The standard InChI is InChI=1S/C14H12INO2/c1-17-13-10-6-4-3-5-9(10)11(7-15)14(18-2)12(13)8-16/h3-6H,7H2,1-2H3. The van der Waals surface area contributed by atoms with Crippen LogP contribution in [0.3, 0.4) is 0 Å². The van der Waals surface area contributed by atoms with Crippen LogP contribution in [0, 0.1) is 11.3 Å². The molecule has 0 atom stereocenters. The lowest BCUT2D eigenvalue weighted by atomic mass is 9.99. The average molecular weight is 353 g/mol. The van der Waals surface area contributed by atoms with Gasteiger partial charge in [-0.15, -0.1) is 0 Å². The Labute approximate surface area is 119 Å². The molecule has 0 N–H and O–H groups in total. The van der Waals surface area contributed by atoms with E-state index in [1.165, 1.54) is 0 Å². The number of methoxy groups -OCH3 is 2. The molecule has 2 aromatic rings. The third-order valence-electron chi connectivity index (χ3n) is 2.88. The first-order valence-electron chi connectivity index (χ1n) is 5.40. The second-order valence-electron chi connectivity index (χ2n) is 3.71. The lowest BCUT2D eigenvalue weighted by molar-refractivity contribution is 0.393. The second-order valence-corrected chi connectivity index (χ2v) is 4.47. The molecule has 3 nitrogen and oxygen atoms in total. The van der Waals surface area contributed by atoms with Gasteiger partial charge in [0.15, 0.2) is 0 Å². The van der Waals surface area contributed by atoms with Crippen LogP contribution in [-0.2, 0) is 4.43 Å². The van der Waals surface area contributed by atoms with Crippen LogP contribution in [0.15, 0.2) is 24.3 Å². The van der Waals surface area contributed by atoms with Gasteiger partial charge >= 0.3 is 0 Å². The minimum Gasteiger partial charge on any atom is -0.495 e. The quantitative estimate of drug-likeness (QED) is 0.625. The van der Waals surface area contributed by atoms with E-state index in [4.69, 9.17) is 9.47 Å². The molecule has 0 saturated heterocycles. The van der Waals surface area contributed by atoms with Crippen LogP contribution in [0.5, 0.6) is 11.5 Å². The molecule has 92 valence electrons. The van der Waals surface area contributed by atoms with E-state index in [1.54, 1.807) is 14.2 Å². The third kappa shape index (κ3) is 1.89. The highest BCUT2D eigenvalue weighted by Gasteiger charge is 2.19. The summed E-state index contributed by atoms with van der Waals surface area (Å²) in [4.78, 5) is 0. The van der Waals surface area contributed by atoms with Crippen molar-refractivity contribution in [2.24, 2.45) is 0 Å². The number of alkyl halides is 1. The molecule has 0 heterocycles. The van der Waals surface area contributed by atoms with Gasteiger partial charge in [-0.2, -0.15) is 5.26 Å². The smallest absolute Gasteiger partial charge is 0.148 e. The number of halogens is 1. The summed E-state index contributed by atoms with van der Waals surface area (Å²) in [6.45, 7) is 0. The normalized spacial score (nSPS) is 10.1. The van der Waals surface area contributed by atoms with Crippen LogP contribution in [0.4, 0.5) is 0 Å². The number of ether oxygens (including phenoxy) is 2. The van der Waals surface area contributed by atoms with Gasteiger partial charge in [-0.25, -0.2) is 0 Å². The Morgan fingerprint density at radius 1 is 1.11 bits per heavy atom. The Hall–Kier alpha value is -1.48. The predicted molar refractivity (Wildman–Crippen MR) is 79.5 cm³/mol. The molecule has 0 amide bonds. The van der Waals surface area contributed by atoms with E-state index in [1.807, 2.05) is 24.3 Å². The summed E-state index contributed by atoms with van der Waals surface area (Å²) in [7, 11) is 3.16. The van der Waals surface area contributed by atoms with Crippen molar-refractivity contribution in [1.29, 1.82) is 5.26 Å². The van der Waals surface area contributed by atoms with Crippen LogP contribution < -0.4 is 9.47 Å². The number of nitriles is 1. The molecule has 0 aliphatic carbocycles. The molecular weight excluding hydrogens is 341 g/mol. The van der Waals surface area contributed by atoms with Crippen LogP contribution >= 0.6 is 22.6 Å². The van der Waals surface area contributed by atoms with E-state index < -0.39 is 0 Å². The molecule has 0 aliphatic heterocycles. The van der Waals surface area contributed by atoms with E-state index in [2.05, 4.69) is 28.7 Å². The van der Waals surface area contributed by atoms with E-state index in [9.17, 15) is 5.26 Å². The number of benzene rings is 2.